The van der Waals surface area contributed by atoms with E-state index in [4.69, 9.17) is 4.74 Å². The van der Waals surface area contributed by atoms with Crippen molar-refractivity contribution in [3.05, 3.63) is 32.6 Å². The second-order valence-electron chi connectivity index (χ2n) is 3.52. The lowest BCUT2D eigenvalue weighted by molar-refractivity contribution is -0.00348. The Morgan fingerprint density at radius 2 is 2.33 bits per heavy atom. The fourth-order valence-corrected chi connectivity index (χ4v) is 1.69. The molecule has 0 aromatic carbocycles. The maximum Gasteiger partial charge on any atom is 0.325 e. The first-order chi connectivity index (χ1) is 7.18. The summed E-state index contributed by atoms with van der Waals surface area (Å²) in [6.45, 7) is 0.600. The lowest BCUT2D eigenvalue weighted by Gasteiger charge is -2.16. The van der Waals surface area contributed by atoms with E-state index in [2.05, 4.69) is 9.97 Å². The fraction of sp³-hybridized carbons (Fsp3) is 0.556. The van der Waals surface area contributed by atoms with Crippen LogP contribution >= 0.6 is 0 Å². The van der Waals surface area contributed by atoms with E-state index in [9.17, 15) is 14.7 Å². The average molecular weight is 212 g/mol. The lowest BCUT2D eigenvalue weighted by atomic mass is 10.1. The van der Waals surface area contributed by atoms with Gasteiger partial charge in [-0.3, -0.25) is 9.78 Å². The van der Waals surface area contributed by atoms with Gasteiger partial charge in [-0.25, -0.2) is 4.79 Å². The molecule has 82 valence electrons. The van der Waals surface area contributed by atoms with E-state index in [1.807, 2.05) is 0 Å². The molecule has 0 spiro atoms. The van der Waals surface area contributed by atoms with Crippen LogP contribution in [-0.2, 0) is 4.74 Å². The fourth-order valence-electron chi connectivity index (χ4n) is 1.69. The van der Waals surface area contributed by atoms with Gasteiger partial charge in [0.1, 0.15) is 6.10 Å². The van der Waals surface area contributed by atoms with Gasteiger partial charge in [0.2, 0.25) is 0 Å². The second kappa shape index (κ2) is 4.00. The Bertz CT molecular complexity index is 444. The molecule has 0 saturated carbocycles. The summed E-state index contributed by atoms with van der Waals surface area (Å²) in [5, 5.41) is 9.82. The average Bonchev–Trinajstić information content (AvgIpc) is 2.69. The Balaban J connectivity index is 2.28. The lowest BCUT2D eigenvalue weighted by Crippen LogP contribution is -2.30. The molecule has 2 heterocycles. The molecule has 1 fully saturated rings. The molecule has 6 nitrogen and oxygen atoms in total. The van der Waals surface area contributed by atoms with E-state index >= 15 is 0 Å². The summed E-state index contributed by atoms with van der Waals surface area (Å²) in [6.07, 6.45) is 1.50. The van der Waals surface area contributed by atoms with Crippen LogP contribution in [0.15, 0.2) is 15.8 Å². The van der Waals surface area contributed by atoms with Gasteiger partial charge in [-0.05, 0) is 12.8 Å². The first kappa shape index (κ1) is 10.1. The Morgan fingerprint density at radius 1 is 1.53 bits per heavy atom. The van der Waals surface area contributed by atoms with E-state index in [0.717, 1.165) is 12.8 Å². The van der Waals surface area contributed by atoms with Crippen LogP contribution in [0.1, 0.15) is 24.5 Å². The van der Waals surface area contributed by atoms with Crippen LogP contribution in [-0.4, -0.2) is 27.8 Å². The molecule has 0 unspecified atom stereocenters. The van der Waals surface area contributed by atoms with E-state index in [1.54, 1.807) is 0 Å². The third-order valence-corrected chi connectivity index (χ3v) is 2.48. The van der Waals surface area contributed by atoms with Crippen molar-refractivity contribution in [1.29, 1.82) is 0 Å². The van der Waals surface area contributed by atoms with Gasteiger partial charge in [0.25, 0.3) is 5.56 Å². The monoisotopic (exact) mass is 212 g/mol. The largest absolute Gasteiger partial charge is 0.385 e. The van der Waals surface area contributed by atoms with Gasteiger partial charge < -0.3 is 14.8 Å². The highest BCUT2D eigenvalue weighted by Crippen LogP contribution is 2.23. The van der Waals surface area contributed by atoms with Crippen LogP contribution < -0.4 is 11.2 Å². The van der Waals surface area contributed by atoms with Crippen molar-refractivity contribution in [1.82, 2.24) is 9.97 Å². The predicted molar refractivity (Wildman–Crippen MR) is 51.6 cm³/mol. The maximum atomic E-state index is 11.3. The quantitative estimate of drug-likeness (QED) is 0.602. The van der Waals surface area contributed by atoms with Gasteiger partial charge in [-0.15, -0.1) is 0 Å². The van der Waals surface area contributed by atoms with Crippen molar-refractivity contribution in [2.45, 2.75) is 25.0 Å². The van der Waals surface area contributed by atoms with Crippen molar-refractivity contribution in [2.24, 2.45) is 0 Å². The van der Waals surface area contributed by atoms with E-state index in [0.29, 0.717) is 6.61 Å². The smallest absolute Gasteiger partial charge is 0.325 e. The standard InChI is InChI=1S/C9H12N2O4/c12-7(6-2-1-3-15-6)5-4-10-9(14)11-8(5)13/h4,6-7,12H,1-3H2,(H2,10,11,13,14)/t6-,7-/m1/s1. The third-order valence-electron chi connectivity index (χ3n) is 2.48. The Kier molecular flexibility index (Phi) is 2.70. The molecule has 0 bridgehead atoms. The van der Waals surface area contributed by atoms with Crippen LogP contribution in [0, 0.1) is 0 Å². The topological polar surface area (TPSA) is 95.2 Å². The molecule has 1 aliphatic rings. The number of hydrogen-bond donors (Lipinski definition) is 3. The molecule has 6 heteroatoms. The van der Waals surface area contributed by atoms with Crippen LogP contribution in [0.4, 0.5) is 0 Å². The zero-order valence-electron chi connectivity index (χ0n) is 8.03. The third kappa shape index (κ3) is 2.00. The summed E-state index contributed by atoms with van der Waals surface area (Å²) in [7, 11) is 0. The minimum atomic E-state index is -0.979. The van der Waals surface area contributed by atoms with Crippen molar-refractivity contribution >= 4 is 0 Å². The predicted octanol–water partition coefficient (Wildman–Crippen LogP) is -0.724. The molecule has 1 saturated heterocycles. The molecule has 0 radical (unpaired) electrons. The van der Waals surface area contributed by atoms with Gasteiger partial charge in [-0.1, -0.05) is 0 Å². The minimum absolute atomic E-state index is 0.140. The number of H-pyrrole nitrogens is 2. The van der Waals surface area contributed by atoms with Gasteiger partial charge in [0, 0.05) is 12.8 Å². The Morgan fingerprint density at radius 3 is 2.93 bits per heavy atom. The van der Waals surface area contributed by atoms with Gasteiger partial charge in [-0.2, -0.15) is 0 Å². The zero-order valence-corrected chi connectivity index (χ0v) is 8.03. The molecule has 1 aromatic rings. The normalized spacial score (nSPS) is 22.9. The number of ether oxygens (including phenoxy) is 1. The van der Waals surface area contributed by atoms with Crippen LogP contribution in [0.25, 0.3) is 0 Å². The number of aromatic nitrogens is 2. The highest BCUT2D eigenvalue weighted by Gasteiger charge is 2.27. The SMILES string of the molecule is O=c1[nH]cc([C@@H](O)[C@H]2CCCO2)c(=O)[nH]1. The summed E-state index contributed by atoms with van der Waals surface area (Å²) in [5.74, 6) is 0. The first-order valence-electron chi connectivity index (χ1n) is 4.80. The molecule has 3 N–H and O–H groups in total. The van der Waals surface area contributed by atoms with Crippen molar-refractivity contribution in [3.8, 4) is 0 Å². The second-order valence-corrected chi connectivity index (χ2v) is 3.52. The van der Waals surface area contributed by atoms with Crippen LogP contribution in [0.3, 0.4) is 0 Å². The van der Waals surface area contributed by atoms with Crippen molar-refractivity contribution in [3.63, 3.8) is 0 Å². The molecule has 1 aromatic heterocycles. The Hall–Kier alpha value is -1.40. The maximum absolute atomic E-state index is 11.3. The van der Waals surface area contributed by atoms with E-state index in [1.165, 1.54) is 6.20 Å². The number of aliphatic hydroxyl groups is 1. The number of nitrogens with one attached hydrogen (secondary N) is 2. The van der Waals surface area contributed by atoms with Crippen molar-refractivity contribution < 1.29 is 9.84 Å². The number of aromatic amines is 2. The molecular weight excluding hydrogens is 200 g/mol. The highest BCUT2D eigenvalue weighted by atomic mass is 16.5. The summed E-state index contributed by atoms with van der Waals surface area (Å²) in [5.41, 5.74) is -1.01. The van der Waals surface area contributed by atoms with Crippen molar-refractivity contribution in [2.75, 3.05) is 6.61 Å². The van der Waals surface area contributed by atoms with E-state index in [-0.39, 0.29) is 11.7 Å². The van der Waals surface area contributed by atoms with Gasteiger partial charge in [0.05, 0.1) is 11.7 Å². The van der Waals surface area contributed by atoms with E-state index < -0.39 is 17.4 Å². The molecule has 2 atom stereocenters. The number of aliphatic hydroxyl groups excluding tert-OH is 1. The number of hydrogen-bond acceptors (Lipinski definition) is 4. The zero-order chi connectivity index (χ0) is 10.8. The molecule has 15 heavy (non-hydrogen) atoms. The minimum Gasteiger partial charge on any atom is -0.385 e. The van der Waals surface area contributed by atoms with Crippen LogP contribution in [0.5, 0.6) is 0 Å². The highest BCUT2D eigenvalue weighted by molar-refractivity contribution is 5.09. The summed E-state index contributed by atoms with van der Waals surface area (Å²) < 4.78 is 5.26. The molecular formula is C9H12N2O4. The van der Waals surface area contributed by atoms with Gasteiger partial charge >= 0.3 is 5.69 Å². The molecule has 0 amide bonds. The summed E-state index contributed by atoms with van der Waals surface area (Å²) >= 11 is 0. The van der Waals surface area contributed by atoms with Crippen LogP contribution in [0.2, 0.25) is 0 Å². The summed E-state index contributed by atoms with van der Waals surface area (Å²) in [4.78, 5) is 26.5. The summed E-state index contributed by atoms with van der Waals surface area (Å²) in [6, 6.07) is 0. The Labute approximate surface area is 84.9 Å². The molecule has 2 rings (SSSR count). The molecule has 1 aliphatic heterocycles. The van der Waals surface area contributed by atoms with Gasteiger partial charge in [0.15, 0.2) is 0 Å². The molecule has 0 aliphatic carbocycles. The first-order valence-corrected chi connectivity index (χ1v) is 4.80. The number of rotatable bonds is 2.